The number of likely N-dealkylation sites (N-methyl/N-ethyl adjacent to an activating group) is 1. The van der Waals surface area contributed by atoms with Crippen molar-refractivity contribution in [3.8, 4) is 17.2 Å². The highest BCUT2D eigenvalue weighted by Gasteiger charge is 2.43. The summed E-state index contributed by atoms with van der Waals surface area (Å²) in [6.45, 7) is 2.67. The molecule has 1 saturated heterocycles. The summed E-state index contributed by atoms with van der Waals surface area (Å²) in [6.07, 6.45) is 4.28. The molecule has 2 aromatic carbocycles. The Morgan fingerprint density at radius 1 is 1.22 bits per heavy atom. The number of nitrogens with one attached hydrogen (secondary N) is 2. The quantitative estimate of drug-likeness (QED) is 0.741. The maximum Gasteiger partial charge on any atom is 0.238 e. The highest BCUT2D eigenvalue weighted by Crippen LogP contribution is 2.35. The third kappa shape index (κ3) is 3.78. The van der Waals surface area contributed by atoms with E-state index in [-0.39, 0.29) is 17.9 Å². The standard InChI is InChI=1S/C26H28N4O2/c1-2-30-23-13-18(7-8-19(23)14-24(30)31)17-5-3-16(4-6-17)11-22(15-27)29-26(32)25-20-9-10-21(12-20)28-25/h3-8,13,20-22,25,28H,2,9-12,14H2,1H3,(H,29,32)/t20-,21+,22?,25-/m0/s1. The Balaban J connectivity index is 1.25. The molecule has 32 heavy (non-hydrogen) atoms. The second kappa shape index (κ2) is 8.40. The minimum Gasteiger partial charge on any atom is -0.339 e. The summed E-state index contributed by atoms with van der Waals surface area (Å²) in [5, 5.41) is 15.9. The highest BCUT2D eigenvalue weighted by atomic mass is 16.2. The second-order valence-corrected chi connectivity index (χ2v) is 9.16. The molecular weight excluding hydrogens is 400 g/mol. The van der Waals surface area contributed by atoms with Gasteiger partial charge in [0.05, 0.1) is 18.5 Å². The Bertz CT molecular complexity index is 1090. The van der Waals surface area contributed by atoms with Crippen LogP contribution < -0.4 is 15.5 Å². The first-order valence-corrected chi connectivity index (χ1v) is 11.5. The smallest absolute Gasteiger partial charge is 0.238 e. The lowest BCUT2D eigenvalue weighted by Gasteiger charge is -2.23. The number of rotatable bonds is 6. The van der Waals surface area contributed by atoms with E-state index in [2.05, 4.69) is 28.8 Å². The number of benzene rings is 2. The van der Waals surface area contributed by atoms with Crippen LogP contribution in [-0.4, -0.2) is 36.5 Å². The minimum atomic E-state index is -0.543. The lowest BCUT2D eigenvalue weighted by Crippen LogP contribution is -2.50. The molecule has 2 amide bonds. The van der Waals surface area contributed by atoms with Crippen molar-refractivity contribution in [1.29, 1.82) is 5.26 Å². The highest BCUT2D eigenvalue weighted by molar-refractivity contribution is 6.02. The van der Waals surface area contributed by atoms with Gasteiger partial charge in [-0.2, -0.15) is 5.26 Å². The molecule has 0 radical (unpaired) electrons. The van der Waals surface area contributed by atoms with Crippen LogP contribution in [0.3, 0.4) is 0 Å². The Labute approximate surface area is 188 Å². The summed E-state index contributed by atoms with van der Waals surface area (Å²) in [6, 6.07) is 16.3. The van der Waals surface area contributed by atoms with Crippen molar-refractivity contribution < 1.29 is 9.59 Å². The molecule has 1 unspecified atom stereocenters. The number of nitriles is 1. The molecule has 6 heteroatoms. The van der Waals surface area contributed by atoms with E-state index in [4.69, 9.17) is 0 Å². The summed E-state index contributed by atoms with van der Waals surface area (Å²) in [4.78, 5) is 26.6. The molecule has 2 aliphatic heterocycles. The van der Waals surface area contributed by atoms with Gasteiger partial charge in [-0.25, -0.2) is 0 Å². The van der Waals surface area contributed by atoms with Gasteiger partial charge in [-0.15, -0.1) is 0 Å². The molecule has 5 rings (SSSR count). The monoisotopic (exact) mass is 428 g/mol. The summed E-state index contributed by atoms with van der Waals surface area (Å²) in [5.41, 5.74) is 5.22. The van der Waals surface area contributed by atoms with Crippen LogP contribution in [0, 0.1) is 17.2 Å². The molecule has 0 spiro atoms. The second-order valence-electron chi connectivity index (χ2n) is 9.16. The van der Waals surface area contributed by atoms with Crippen LogP contribution in [0.1, 0.15) is 37.3 Å². The van der Waals surface area contributed by atoms with Crippen LogP contribution in [0.2, 0.25) is 0 Å². The van der Waals surface area contributed by atoms with Gasteiger partial charge in [-0.05, 0) is 60.4 Å². The Morgan fingerprint density at radius 2 is 2.00 bits per heavy atom. The zero-order valence-electron chi connectivity index (χ0n) is 18.3. The van der Waals surface area contributed by atoms with Crippen LogP contribution >= 0.6 is 0 Å². The number of amides is 2. The number of carbonyl (C=O) groups excluding carboxylic acids is 2. The average molecular weight is 429 g/mol. The predicted molar refractivity (Wildman–Crippen MR) is 123 cm³/mol. The molecule has 0 aromatic heterocycles. The van der Waals surface area contributed by atoms with Crippen LogP contribution in [0.15, 0.2) is 42.5 Å². The number of hydrogen-bond acceptors (Lipinski definition) is 4. The maximum absolute atomic E-state index is 12.6. The van der Waals surface area contributed by atoms with Crippen LogP contribution in [0.25, 0.3) is 11.1 Å². The van der Waals surface area contributed by atoms with Gasteiger partial charge in [0.25, 0.3) is 0 Å². The molecule has 3 aliphatic rings. The van der Waals surface area contributed by atoms with Gasteiger partial charge < -0.3 is 15.5 Å². The van der Waals surface area contributed by atoms with Gasteiger partial charge in [0.2, 0.25) is 11.8 Å². The van der Waals surface area contributed by atoms with E-state index in [1.807, 2.05) is 42.2 Å². The van der Waals surface area contributed by atoms with Gasteiger partial charge in [0.1, 0.15) is 6.04 Å². The van der Waals surface area contributed by atoms with Crippen molar-refractivity contribution in [2.45, 2.75) is 57.2 Å². The number of anilines is 1. The van der Waals surface area contributed by atoms with Gasteiger partial charge in [0.15, 0.2) is 0 Å². The molecule has 2 N–H and O–H groups in total. The maximum atomic E-state index is 12.6. The van der Waals surface area contributed by atoms with E-state index in [9.17, 15) is 14.9 Å². The minimum absolute atomic E-state index is 0.0477. The fraction of sp³-hybridized carbons (Fsp3) is 0.423. The largest absolute Gasteiger partial charge is 0.339 e. The third-order valence-corrected chi connectivity index (χ3v) is 7.18. The fourth-order valence-electron chi connectivity index (χ4n) is 5.49. The van der Waals surface area contributed by atoms with Crippen molar-refractivity contribution in [3.63, 3.8) is 0 Å². The van der Waals surface area contributed by atoms with E-state index in [0.29, 0.717) is 31.3 Å². The van der Waals surface area contributed by atoms with Crippen LogP contribution in [-0.2, 0) is 22.4 Å². The van der Waals surface area contributed by atoms with Crippen molar-refractivity contribution in [1.82, 2.24) is 10.6 Å². The van der Waals surface area contributed by atoms with Crippen molar-refractivity contribution >= 4 is 17.5 Å². The molecule has 2 fully saturated rings. The zero-order valence-corrected chi connectivity index (χ0v) is 18.3. The Kier molecular flexibility index (Phi) is 5.44. The van der Waals surface area contributed by atoms with Crippen molar-refractivity contribution in [2.75, 3.05) is 11.4 Å². The zero-order chi connectivity index (χ0) is 22.2. The Morgan fingerprint density at radius 3 is 2.66 bits per heavy atom. The molecule has 164 valence electrons. The molecule has 1 saturated carbocycles. The number of hydrogen-bond donors (Lipinski definition) is 2. The fourth-order valence-corrected chi connectivity index (χ4v) is 5.49. The number of carbonyl (C=O) groups is 2. The van der Waals surface area contributed by atoms with E-state index >= 15 is 0 Å². The lowest BCUT2D eigenvalue weighted by atomic mass is 9.97. The average Bonchev–Trinajstić information content (AvgIpc) is 3.52. The molecule has 2 bridgehead atoms. The molecular formula is C26H28N4O2. The molecule has 4 atom stereocenters. The van der Waals surface area contributed by atoms with Crippen molar-refractivity contribution in [2.24, 2.45) is 5.92 Å². The predicted octanol–water partition coefficient (Wildman–Crippen LogP) is 2.95. The number of fused-ring (bicyclic) bond motifs is 3. The van der Waals surface area contributed by atoms with E-state index in [1.54, 1.807) is 0 Å². The Hall–Kier alpha value is -3.17. The SMILES string of the molecule is CCN1C(=O)Cc2ccc(-c3ccc(CC(C#N)NC(=O)[C@H]4N[C@@H]5CC[C@H]4C5)cc3)cc21. The first-order chi connectivity index (χ1) is 15.6. The summed E-state index contributed by atoms with van der Waals surface area (Å²) < 4.78 is 0. The molecule has 2 aromatic rings. The van der Waals surface area contributed by atoms with E-state index < -0.39 is 6.04 Å². The van der Waals surface area contributed by atoms with Crippen LogP contribution in [0.5, 0.6) is 0 Å². The topological polar surface area (TPSA) is 85.2 Å². The molecule has 1 aliphatic carbocycles. The summed E-state index contributed by atoms with van der Waals surface area (Å²) in [7, 11) is 0. The first-order valence-electron chi connectivity index (χ1n) is 11.5. The number of nitrogens with zero attached hydrogens (tertiary/aromatic N) is 2. The van der Waals surface area contributed by atoms with E-state index in [0.717, 1.165) is 47.2 Å². The summed E-state index contributed by atoms with van der Waals surface area (Å²) >= 11 is 0. The molecule has 6 nitrogen and oxygen atoms in total. The van der Waals surface area contributed by atoms with Gasteiger partial charge in [-0.3, -0.25) is 9.59 Å². The summed E-state index contributed by atoms with van der Waals surface area (Å²) in [5.74, 6) is 0.513. The van der Waals surface area contributed by atoms with Gasteiger partial charge >= 0.3 is 0 Å². The lowest BCUT2D eigenvalue weighted by molar-refractivity contribution is -0.124. The normalized spacial score (nSPS) is 24.3. The van der Waals surface area contributed by atoms with E-state index in [1.165, 1.54) is 0 Å². The number of piperidine rings is 1. The van der Waals surface area contributed by atoms with Gasteiger partial charge in [0, 0.05) is 24.7 Å². The van der Waals surface area contributed by atoms with Crippen molar-refractivity contribution in [3.05, 3.63) is 53.6 Å². The molecule has 2 heterocycles. The van der Waals surface area contributed by atoms with Gasteiger partial charge in [-0.1, -0.05) is 36.4 Å². The van der Waals surface area contributed by atoms with Crippen LogP contribution in [0.4, 0.5) is 5.69 Å². The first kappa shape index (κ1) is 20.7. The third-order valence-electron chi connectivity index (χ3n) is 7.18.